The van der Waals surface area contributed by atoms with Crippen molar-refractivity contribution in [2.45, 2.75) is 45.7 Å². The van der Waals surface area contributed by atoms with Crippen molar-refractivity contribution in [1.82, 2.24) is 10.2 Å². The number of halogens is 1. The molecule has 0 aliphatic carbocycles. The summed E-state index contributed by atoms with van der Waals surface area (Å²) in [6.07, 6.45) is 1.78. The summed E-state index contributed by atoms with van der Waals surface area (Å²) in [6, 6.07) is 1.67. The van der Waals surface area contributed by atoms with E-state index in [1.807, 2.05) is 18.7 Å². The van der Waals surface area contributed by atoms with Crippen molar-refractivity contribution in [1.29, 1.82) is 0 Å². The van der Waals surface area contributed by atoms with Crippen molar-refractivity contribution in [2.75, 3.05) is 13.1 Å². The predicted molar refractivity (Wildman–Crippen MR) is 95.8 cm³/mol. The Bertz CT molecular complexity index is 547. The second-order valence-electron chi connectivity index (χ2n) is 6.05. The van der Waals surface area contributed by atoms with E-state index in [1.54, 1.807) is 11.3 Å². The minimum Gasteiger partial charge on any atom is -0.346 e. The molecule has 0 bridgehead atoms. The second kappa shape index (κ2) is 8.66. The molecule has 2 amide bonds. The van der Waals surface area contributed by atoms with Crippen LogP contribution in [-0.4, -0.2) is 35.8 Å². The summed E-state index contributed by atoms with van der Waals surface area (Å²) < 4.78 is 0. The quantitative estimate of drug-likeness (QED) is 0.845. The summed E-state index contributed by atoms with van der Waals surface area (Å²) in [6.45, 7) is 6.61. The smallest absolute Gasteiger partial charge is 0.242 e. The van der Waals surface area contributed by atoms with Gasteiger partial charge in [-0.3, -0.25) is 9.59 Å². The summed E-state index contributed by atoms with van der Waals surface area (Å²) in [5, 5.41) is 4.76. The number of nitrogens with two attached hydrogens (primary N) is 1. The van der Waals surface area contributed by atoms with Gasteiger partial charge in [0, 0.05) is 11.4 Å². The molecule has 0 saturated carbocycles. The summed E-state index contributed by atoms with van der Waals surface area (Å²) in [5.74, 6) is -0.237. The first-order valence-corrected chi connectivity index (χ1v) is 8.72. The maximum Gasteiger partial charge on any atom is 0.242 e. The van der Waals surface area contributed by atoms with Gasteiger partial charge in [0.25, 0.3) is 0 Å². The zero-order valence-corrected chi connectivity index (χ0v) is 15.5. The number of amides is 2. The largest absolute Gasteiger partial charge is 0.346 e. The number of thiophene rings is 1. The molecule has 0 fully saturated rings. The maximum atomic E-state index is 12.5. The number of nitrogens with one attached hydrogen (secondary N) is 1. The average molecular weight is 360 g/mol. The third kappa shape index (κ3) is 4.46. The van der Waals surface area contributed by atoms with Crippen LogP contribution < -0.4 is 11.1 Å². The van der Waals surface area contributed by atoms with Gasteiger partial charge in [0.1, 0.15) is 0 Å². The molecule has 7 heteroatoms. The molecule has 1 aromatic heterocycles. The van der Waals surface area contributed by atoms with Gasteiger partial charge >= 0.3 is 0 Å². The summed E-state index contributed by atoms with van der Waals surface area (Å²) in [7, 11) is 0. The fourth-order valence-electron chi connectivity index (χ4n) is 2.82. The average Bonchev–Trinajstić information content (AvgIpc) is 2.98. The molecule has 2 rings (SSSR count). The van der Waals surface area contributed by atoms with Crippen LogP contribution in [0.15, 0.2) is 11.4 Å². The second-order valence-corrected chi connectivity index (χ2v) is 7.05. The number of carbonyl (C=O) groups is 2. The van der Waals surface area contributed by atoms with Gasteiger partial charge in [-0.15, -0.1) is 23.7 Å². The van der Waals surface area contributed by atoms with Gasteiger partial charge in [-0.05, 0) is 35.8 Å². The lowest BCUT2D eigenvalue weighted by Gasteiger charge is -2.35. The Balaban J connectivity index is 0.00000264. The first-order valence-electron chi connectivity index (χ1n) is 7.84. The Hall–Kier alpha value is -1.11. The Morgan fingerprint density at radius 1 is 1.48 bits per heavy atom. The van der Waals surface area contributed by atoms with Gasteiger partial charge < -0.3 is 16.0 Å². The van der Waals surface area contributed by atoms with Crippen LogP contribution in [-0.2, 0) is 16.0 Å². The van der Waals surface area contributed by atoms with Gasteiger partial charge in [0.05, 0.1) is 18.6 Å². The minimum atomic E-state index is -0.570. The van der Waals surface area contributed by atoms with Crippen molar-refractivity contribution in [2.24, 2.45) is 11.7 Å². The van der Waals surface area contributed by atoms with E-state index in [1.165, 1.54) is 10.4 Å². The molecule has 1 unspecified atom stereocenters. The third-order valence-electron chi connectivity index (χ3n) is 4.24. The summed E-state index contributed by atoms with van der Waals surface area (Å²) in [5.41, 5.74) is 7.05. The lowest BCUT2D eigenvalue weighted by atomic mass is 9.97. The number of rotatable bonds is 5. The highest BCUT2D eigenvalue weighted by atomic mass is 35.5. The van der Waals surface area contributed by atoms with Crippen molar-refractivity contribution < 1.29 is 9.59 Å². The van der Waals surface area contributed by atoms with E-state index in [9.17, 15) is 9.59 Å². The molecule has 1 aromatic rings. The van der Waals surface area contributed by atoms with Crippen LogP contribution >= 0.6 is 23.7 Å². The van der Waals surface area contributed by atoms with Crippen LogP contribution in [0.5, 0.6) is 0 Å². The Morgan fingerprint density at radius 3 is 2.78 bits per heavy atom. The van der Waals surface area contributed by atoms with Gasteiger partial charge in [0.2, 0.25) is 11.8 Å². The first kappa shape index (κ1) is 19.9. The molecule has 0 radical (unpaired) electrons. The van der Waals surface area contributed by atoms with Crippen LogP contribution in [0.2, 0.25) is 0 Å². The molecule has 2 atom stereocenters. The Labute approximate surface area is 148 Å². The fraction of sp³-hybridized carbons (Fsp3) is 0.625. The lowest BCUT2D eigenvalue weighted by Crippen LogP contribution is -2.49. The first-order chi connectivity index (χ1) is 10.5. The standard InChI is InChI=1S/C16H25N3O2S.ClH/c1-4-12-11-6-8-22-13(11)5-7-19(12)14(20)9-18-16(21)15(17)10(2)3;/h6,8,10,12,15H,4-5,7,9,17H2,1-3H3,(H,18,21);1H/t12?,15-;/m0./s1. The Kier molecular flexibility index (Phi) is 7.51. The van der Waals surface area contributed by atoms with E-state index in [0.29, 0.717) is 0 Å². The predicted octanol–water partition coefficient (Wildman–Crippen LogP) is 2.11. The van der Waals surface area contributed by atoms with E-state index < -0.39 is 6.04 Å². The van der Waals surface area contributed by atoms with Crippen molar-refractivity contribution in [3.05, 3.63) is 21.9 Å². The van der Waals surface area contributed by atoms with Crippen molar-refractivity contribution in [3.63, 3.8) is 0 Å². The molecule has 1 aliphatic rings. The van der Waals surface area contributed by atoms with E-state index >= 15 is 0 Å². The highest BCUT2D eigenvalue weighted by molar-refractivity contribution is 7.10. The molecule has 23 heavy (non-hydrogen) atoms. The molecule has 1 aliphatic heterocycles. The molecule has 0 aromatic carbocycles. The fourth-order valence-corrected chi connectivity index (χ4v) is 3.75. The number of fused-ring (bicyclic) bond motifs is 1. The van der Waals surface area contributed by atoms with Crippen LogP contribution in [0.1, 0.15) is 43.7 Å². The zero-order chi connectivity index (χ0) is 16.3. The molecule has 2 heterocycles. The van der Waals surface area contributed by atoms with Crippen molar-refractivity contribution in [3.8, 4) is 0 Å². The number of carbonyl (C=O) groups excluding carboxylic acids is 2. The van der Waals surface area contributed by atoms with Crippen LogP contribution in [0, 0.1) is 5.92 Å². The van der Waals surface area contributed by atoms with Crippen LogP contribution in [0.25, 0.3) is 0 Å². The molecular formula is C16H26ClN3O2S. The van der Waals surface area contributed by atoms with Crippen LogP contribution in [0.4, 0.5) is 0 Å². The summed E-state index contributed by atoms with van der Waals surface area (Å²) in [4.78, 5) is 27.6. The van der Waals surface area contributed by atoms with Gasteiger partial charge in [-0.1, -0.05) is 20.8 Å². The highest BCUT2D eigenvalue weighted by Crippen LogP contribution is 2.35. The molecular weight excluding hydrogens is 334 g/mol. The van der Waals surface area contributed by atoms with E-state index in [0.717, 1.165) is 19.4 Å². The minimum absolute atomic E-state index is 0. The van der Waals surface area contributed by atoms with E-state index in [2.05, 4.69) is 23.7 Å². The molecule has 130 valence electrons. The van der Waals surface area contributed by atoms with E-state index in [4.69, 9.17) is 5.73 Å². The Morgan fingerprint density at radius 2 is 2.17 bits per heavy atom. The van der Waals surface area contributed by atoms with Crippen molar-refractivity contribution >= 4 is 35.6 Å². The van der Waals surface area contributed by atoms with Gasteiger partial charge in [0.15, 0.2) is 0 Å². The zero-order valence-electron chi connectivity index (χ0n) is 13.9. The number of hydrogen-bond acceptors (Lipinski definition) is 4. The molecule has 3 N–H and O–H groups in total. The lowest BCUT2D eigenvalue weighted by molar-refractivity contribution is -0.135. The molecule has 5 nitrogen and oxygen atoms in total. The topological polar surface area (TPSA) is 75.4 Å². The maximum absolute atomic E-state index is 12.5. The van der Waals surface area contributed by atoms with Gasteiger partial charge in [-0.25, -0.2) is 0 Å². The van der Waals surface area contributed by atoms with Crippen LogP contribution in [0.3, 0.4) is 0 Å². The SMILES string of the molecule is CCC1c2ccsc2CCN1C(=O)CNC(=O)[C@@H](N)C(C)C.Cl. The summed E-state index contributed by atoms with van der Waals surface area (Å²) >= 11 is 1.76. The molecule has 0 spiro atoms. The normalized spacial score (nSPS) is 18.1. The number of nitrogens with zero attached hydrogens (tertiary/aromatic N) is 1. The molecule has 0 saturated heterocycles. The van der Waals surface area contributed by atoms with Gasteiger partial charge in [-0.2, -0.15) is 0 Å². The van der Waals surface area contributed by atoms with E-state index in [-0.39, 0.29) is 42.7 Å². The highest BCUT2D eigenvalue weighted by Gasteiger charge is 2.30. The monoisotopic (exact) mass is 359 g/mol. The number of hydrogen-bond donors (Lipinski definition) is 2. The third-order valence-corrected chi connectivity index (χ3v) is 5.23.